The summed E-state index contributed by atoms with van der Waals surface area (Å²) in [4.78, 5) is 22.5. The number of hydrogen-bond donors (Lipinski definition) is 0. The molecule has 156 valence electrons. The summed E-state index contributed by atoms with van der Waals surface area (Å²) < 4.78 is 7.72. The molecule has 0 saturated heterocycles. The van der Waals surface area contributed by atoms with Crippen LogP contribution in [0.1, 0.15) is 42.1 Å². The van der Waals surface area contributed by atoms with Crippen LogP contribution in [0.5, 0.6) is 5.75 Å². The highest BCUT2D eigenvalue weighted by atomic mass is 32.1. The molecule has 3 aromatic rings. The molecule has 0 aliphatic heterocycles. The standard InChI is InChI=1S/C23H31N3O2S/c1-6-25(7-2)15-20-24-22-21(17(4)18(5)29-22)23(27)26(20)13-8-14-28-19-11-9-16(3)10-12-19/h9-12H,6-8,13-15H2,1-5H3. The maximum Gasteiger partial charge on any atom is 0.262 e. The quantitative estimate of drug-likeness (QED) is 0.477. The van der Waals surface area contributed by atoms with E-state index in [1.807, 2.05) is 35.8 Å². The maximum absolute atomic E-state index is 13.3. The monoisotopic (exact) mass is 413 g/mol. The van der Waals surface area contributed by atoms with Crippen molar-refractivity contribution in [3.63, 3.8) is 0 Å². The minimum atomic E-state index is 0.0781. The number of aromatic nitrogens is 2. The van der Waals surface area contributed by atoms with Crippen LogP contribution >= 0.6 is 11.3 Å². The molecule has 0 aliphatic carbocycles. The van der Waals surface area contributed by atoms with Gasteiger partial charge in [0.15, 0.2) is 0 Å². The van der Waals surface area contributed by atoms with E-state index < -0.39 is 0 Å². The van der Waals surface area contributed by atoms with Gasteiger partial charge in [-0.25, -0.2) is 4.98 Å². The molecule has 1 aromatic carbocycles. The van der Waals surface area contributed by atoms with Crippen molar-refractivity contribution in [3.8, 4) is 5.75 Å². The van der Waals surface area contributed by atoms with E-state index in [2.05, 4.69) is 32.6 Å². The van der Waals surface area contributed by atoms with Gasteiger partial charge in [-0.1, -0.05) is 31.5 Å². The molecule has 0 radical (unpaired) electrons. The Morgan fingerprint density at radius 1 is 1.10 bits per heavy atom. The van der Waals surface area contributed by atoms with Crippen molar-refractivity contribution in [3.05, 3.63) is 56.4 Å². The van der Waals surface area contributed by atoms with Crippen molar-refractivity contribution in [2.75, 3.05) is 19.7 Å². The van der Waals surface area contributed by atoms with Gasteiger partial charge in [0.05, 0.1) is 18.5 Å². The Labute approximate surface area is 177 Å². The molecule has 0 aliphatic rings. The zero-order valence-corrected chi connectivity index (χ0v) is 18.9. The molecular weight excluding hydrogens is 382 g/mol. The van der Waals surface area contributed by atoms with Gasteiger partial charge >= 0.3 is 0 Å². The molecule has 6 heteroatoms. The molecule has 0 saturated carbocycles. The van der Waals surface area contributed by atoms with Gasteiger partial charge in [0.25, 0.3) is 5.56 Å². The molecule has 5 nitrogen and oxygen atoms in total. The van der Waals surface area contributed by atoms with Crippen LogP contribution in [0.15, 0.2) is 29.1 Å². The van der Waals surface area contributed by atoms with Crippen molar-refractivity contribution in [2.45, 2.75) is 54.1 Å². The number of hydrogen-bond acceptors (Lipinski definition) is 5. The van der Waals surface area contributed by atoms with Crippen molar-refractivity contribution in [2.24, 2.45) is 0 Å². The predicted molar refractivity (Wildman–Crippen MR) is 121 cm³/mol. The molecule has 0 unspecified atom stereocenters. The van der Waals surface area contributed by atoms with Crippen molar-refractivity contribution < 1.29 is 4.74 Å². The Morgan fingerprint density at radius 2 is 1.79 bits per heavy atom. The number of nitrogens with zero attached hydrogens (tertiary/aromatic N) is 3. The lowest BCUT2D eigenvalue weighted by molar-refractivity contribution is 0.274. The van der Waals surface area contributed by atoms with Gasteiger partial charge in [-0.2, -0.15) is 0 Å². The molecule has 0 amide bonds. The Morgan fingerprint density at radius 3 is 2.45 bits per heavy atom. The van der Waals surface area contributed by atoms with Crippen molar-refractivity contribution in [1.29, 1.82) is 0 Å². The zero-order chi connectivity index (χ0) is 21.0. The average Bonchev–Trinajstić information content (AvgIpc) is 3.00. The summed E-state index contributed by atoms with van der Waals surface area (Å²) >= 11 is 1.62. The number of fused-ring (bicyclic) bond motifs is 1. The molecule has 2 aromatic heterocycles. The Hall–Kier alpha value is -2.18. The number of thiophene rings is 1. The average molecular weight is 414 g/mol. The Balaban J connectivity index is 1.83. The van der Waals surface area contributed by atoms with E-state index in [0.717, 1.165) is 46.9 Å². The second-order valence-electron chi connectivity index (χ2n) is 7.42. The largest absolute Gasteiger partial charge is 0.494 e. The smallest absolute Gasteiger partial charge is 0.262 e. The van der Waals surface area contributed by atoms with E-state index in [1.165, 1.54) is 10.4 Å². The van der Waals surface area contributed by atoms with E-state index in [-0.39, 0.29) is 5.56 Å². The van der Waals surface area contributed by atoms with Crippen LogP contribution in [0.2, 0.25) is 0 Å². The first-order valence-electron chi connectivity index (χ1n) is 10.4. The predicted octanol–water partition coefficient (Wildman–Crippen LogP) is 4.69. The van der Waals surface area contributed by atoms with E-state index in [4.69, 9.17) is 9.72 Å². The van der Waals surface area contributed by atoms with Crippen molar-refractivity contribution in [1.82, 2.24) is 14.5 Å². The minimum absolute atomic E-state index is 0.0781. The van der Waals surface area contributed by atoms with Gasteiger partial charge in [0, 0.05) is 11.4 Å². The molecule has 29 heavy (non-hydrogen) atoms. The highest BCUT2D eigenvalue weighted by Crippen LogP contribution is 2.26. The van der Waals surface area contributed by atoms with Gasteiger partial charge < -0.3 is 4.74 Å². The summed E-state index contributed by atoms with van der Waals surface area (Å²) in [5.74, 6) is 1.71. The lowest BCUT2D eigenvalue weighted by Gasteiger charge is -2.20. The first-order valence-corrected chi connectivity index (χ1v) is 11.2. The van der Waals surface area contributed by atoms with Crippen LogP contribution in [0.25, 0.3) is 10.2 Å². The van der Waals surface area contributed by atoms with Gasteiger partial charge in [0.2, 0.25) is 0 Å². The summed E-state index contributed by atoms with van der Waals surface area (Å²) in [6.45, 7) is 14.2. The molecule has 3 rings (SSSR count). The summed E-state index contributed by atoms with van der Waals surface area (Å²) in [6.07, 6.45) is 0.758. The van der Waals surface area contributed by atoms with Gasteiger partial charge in [-0.05, 0) is 58.0 Å². The lowest BCUT2D eigenvalue weighted by atomic mass is 10.2. The number of aryl methyl sites for hydroxylation is 3. The van der Waals surface area contributed by atoms with Crippen LogP contribution in [0, 0.1) is 20.8 Å². The highest BCUT2D eigenvalue weighted by molar-refractivity contribution is 7.18. The van der Waals surface area contributed by atoms with Crippen molar-refractivity contribution >= 4 is 21.6 Å². The fourth-order valence-electron chi connectivity index (χ4n) is 3.42. The van der Waals surface area contributed by atoms with E-state index in [0.29, 0.717) is 19.7 Å². The van der Waals surface area contributed by atoms with Crippen LogP contribution in [0.3, 0.4) is 0 Å². The first kappa shape index (κ1) is 21.5. The lowest BCUT2D eigenvalue weighted by Crippen LogP contribution is -2.31. The summed E-state index contributed by atoms with van der Waals surface area (Å²) in [7, 11) is 0. The third kappa shape index (κ3) is 4.87. The number of rotatable bonds is 9. The van der Waals surface area contributed by atoms with Gasteiger partial charge in [0.1, 0.15) is 16.4 Å². The Kier molecular flexibility index (Phi) is 7.09. The Bertz CT molecular complexity index is 1020. The second kappa shape index (κ2) is 9.55. The van der Waals surface area contributed by atoms with Crippen LogP contribution < -0.4 is 10.3 Å². The van der Waals surface area contributed by atoms with Crippen LogP contribution in [-0.2, 0) is 13.1 Å². The second-order valence-corrected chi connectivity index (χ2v) is 8.63. The van der Waals surface area contributed by atoms with E-state index >= 15 is 0 Å². The van der Waals surface area contributed by atoms with Gasteiger partial charge in [-0.15, -0.1) is 11.3 Å². The zero-order valence-electron chi connectivity index (χ0n) is 18.1. The van der Waals surface area contributed by atoms with Gasteiger partial charge in [-0.3, -0.25) is 14.3 Å². The fraction of sp³-hybridized carbons (Fsp3) is 0.478. The molecule has 0 atom stereocenters. The third-order valence-electron chi connectivity index (χ3n) is 5.44. The van der Waals surface area contributed by atoms with E-state index in [1.54, 1.807) is 11.3 Å². The highest BCUT2D eigenvalue weighted by Gasteiger charge is 2.17. The molecule has 0 N–H and O–H groups in total. The summed E-state index contributed by atoms with van der Waals surface area (Å²) in [5, 5.41) is 0.773. The van der Waals surface area contributed by atoms with Crippen LogP contribution in [-0.4, -0.2) is 34.1 Å². The maximum atomic E-state index is 13.3. The molecule has 0 spiro atoms. The summed E-state index contributed by atoms with van der Waals surface area (Å²) in [6, 6.07) is 8.06. The first-order chi connectivity index (χ1) is 13.9. The molecular formula is C23H31N3O2S. The SMILES string of the molecule is CCN(CC)Cc1nc2sc(C)c(C)c2c(=O)n1CCCOc1ccc(C)cc1. The minimum Gasteiger partial charge on any atom is -0.494 e. The molecule has 0 fully saturated rings. The number of ether oxygens (including phenoxy) is 1. The summed E-state index contributed by atoms with van der Waals surface area (Å²) in [5.41, 5.74) is 2.35. The number of benzene rings is 1. The molecule has 0 bridgehead atoms. The van der Waals surface area contributed by atoms with Crippen LogP contribution in [0.4, 0.5) is 0 Å². The topological polar surface area (TPSA) is 47.4 Å². The fourth-order valence-corrected chi connectivity index (χ4v) is 4.45. The van der Waals surface area contributed by atoms with E-state index in [9.17, 15) is 4.79 Å². The molecule has 2 heterocycles. The third-order valence-corrected chi connectivity index (χ3v) is 6.54. The normalized spacial score (nSPS) is 11.5.